The summed E-state index contributed by atoms with van der Waals surface area (Å²) in [5.41, 5.74) is 0.913. The first-order valence-electron chi connectivity index (χ1n) is 5.29. The highest BCUT2D eigenvalue weighted by Crippen LogP contribution is 2.24. The molecule has 0 unspecified atom stereocenters. The van der Waals surface area contributed by atoms with Gasteiger partial charge in [0.1, 0.15) is 5.82 Å². The number of amides is 1. The minimum Gasteiger partial charge on any atom is -0.377 e. The van der Waals surface area contributed by atoms with Crippen LogP contribution in [0.25, 0.3) is 0 Å². The highest BCUT2D eigenvalue weighted by atomic mass is 19.1. The quantitative estimate of drug-likeness (QED) is 0.725. The fraction of sp³-hybridized carbons (Fsp3) is 0.417. The van der Waals surface area contributed by atoms with Gasteiger partial charge < -0.3 is 9.64 Å². The molecule has 1 atom stereocenters. The van der Waals surface area contributed by atoms with Crippen molar-refractivity contribution in [2.24, 2.45) is 0 Å². The van der Waals surface area contributed by atoms with Crippen molar-refractivity contribution in [2.45, 2.75) is 13.0 Å². The van der Waals surface area contributed by atoms with Crippen LogP contribution in [-0.4, -0.2) is 30.6 Å². The molecule has 4 heteroatoms. The van der Waals surface area contributed by atoms with Crippen LogP contribution in [0.15, 0.2) is 24.3 Å². The number of hydrogen-bond acceptors (Lipinski definition) is 2. The van der Waals surface area contributed by atoms with Gasteiger partial charge in [-0.1, -0.05) is 12.1 Å². The number of carbonyl (C=O) groups excluding carboxylic acids is 1. The molecule has 86 valence electrons. The maximum Gasteiger partial charge on any atom is 0.220 e. The first kappa shape index (κ1) is 11.1. The number of benzene rings is 1. The molecule has 1 aromatic carbocycles. The van der Waals surface area contributed by atoms with Gasteiger partial charge in [-0.15, -0.1) is 0 Å². The lowest BCUT2D eigenvalue weighted by molar-refractivity contribution is -0.137. The van der Waals surface area contributed by atoms with Crippen molar-refractivity contribution >= 4 is 5.91 Å². The molecule has 1 amide bonds. The van der Waals surface area contributed by atoms with Gasteiger partial charge in [-0.3, -0.25) is 4.79 Å². The molecule has 0 saturated carbocycles. The van der Waals surface area contributed by atoms with Crippen molar-refractivity contribution in [2.75, 3.05) is 19.8 Å². The van der Waals surface area contributed by atoms with Crippen LogP contribution in [0.4, 0.5) is 4.39 Å². The van der Waals surface area contributed by atoms with Crippen LogP contribution in [0.2, 0.25) is 0 Å². The van der Waals surface area contributed by atoms with Gasteiger partial charge in [-0.2, -0.15) is 0 Å². The third kappa shape index (κ3) is 2.22. The largest absolute Gasteiger partial charge is 0.377 e. The van der Waals surface area contributed by atoms with Gasteiger partial charge in [0, 0.05) is 13.5 Å². The summed E-state index contributed by atoms with van der Waals surface area (Å²) >= 11 is 0. The zero-order valence-corrected chi connectivity index (χ0v) is 9.15. The first-order valence-corrected chi connectivity index (χ1v) is 5.29. The predicted molar refractivity (Wildman–Crippen MR) is 57.3 cm³/mol. The Labute approximate surface area is 93.8 Å². The molecule has 1 heterocycles. The number of ether oxygens (including phenoxy) is 1. The van der Waals surface area contributed by atoms with Crippen LogP contribution in [0, 0.1) is 5.82 Å². The highest BCUT2D eigenvalue weighted by molar-refractivity contribution is 5.74. The van der Waals surface area contributed by atoms with Gasteiger partial charge in [0.15, 0.2) is 0 Å². The van der Waals surface area contributed by atoms with Gasteiger partial charge in [-0.05, 0) is 17.7 Å². The molecule has 0 radical (unpaired) electrons. The molecule has 0 spiro atoms. The minimum absolute atomic E-state index is 0.0256. The molecule has 1 aliphatic heterocycles. The van der Waals surface area contributed by atoms with Crippen LogP contribution in [0.3, 0.4) is 0 Å². The van der Waals surface area contributed by atoms with Crippen molar-refractivity contribution in [3.63, 3.8) is 0 Å². The standard InChI is InChI=1S/C12H14FNO2/c1-9(15)14-6-7-16-8-12(14)10-2-4-11(13)5-3-10/h2-5,12H,6-8H2,1H3/t12-/m1/s1. The highest BCUT2D eigenvalue weighted by Gasteiger charge is 2.26. The van der Waals surface area contributed by atoms with Gasteiger partial charge >= 0.3 is 0 Å². The Morgan fingerprint density at radius 2 is 2.12 bits per heavy atom. The van der Waals surface area contributed by atoms with E-state index in [9.17, 15) is 9.18 Å². The van der Waals surface area contributed by atoms with Crippen LogP contribution in [-0.2, 0) is 9.53 Å². The monoisotopic (exact) mass is 223 g/mol. The van der Waals surface area contributed by atoms with Crippen molar-refractivity contribution in [3.8, 4) is 0 Å². The molecule has 0 aliphatic carbocycles. The van der Waals surface area contributed by atoms with E-state index in [-0.39, 0.29) is 17.8 Å². The Bertz CT molecular complexity index is 377. The summed E-state index contributed by atoms with van der Waals surface area (Å²) in [6.07, 6.45) is 0. The first-order chi connectivity index (χ1) is 7.68. The van der Waals surface area contributed by atoms with Crippen molar-refractivity contribution in [1.82, 2.24) is 4.90 Å². The number of carbonyl (C=O) groups is 1. The molecule has 1 aliphatic rings. The molecule has 1 aromatic rings. The maximum atomic E-state index is 12.8. The second-order valence-corrected chi connectivity index (χ2v) is 3.85. The zero-order chi connectivity index (χ0) is 11.5. The van der Waals surface area contributed by atoms with Crippen LogP contribution < -0.4 is 0 Å². The smallest absolute Gasteiger partial charge is 0.220 e. The minimum atomic E-state index is -0.269. The summed E-state index contributed by atoms with van der Waals surface area (Å²) in [5.74, 6) is -0.243. The Morgan fingerprint density at radius 1 is 1.44 bits per heavy atom. The van der Waals surface area contributed by atoms with E-state index in [0.717, 1.165) is 5.56 Å². The van der Waals surface area contributed by atoms with E-state index in [2.05, 4.69) is 0 Å². The molecule has 1 saturated heterocycles. The van der Waals surface area contributed by atoms with E-state index < -0.39 is 0 Å². The second-order valence-electron chi connectivity index (χ2n) is 3.85. The maximum absolute atomic E-state index is 12.8. The lowest BCUT2D eigenvalue weighted by Crippen LogP contribution is -2.42. The number of nitrogens with zero attached hydrogens (tertiary/aromatic N) is 1. The van der Waals surface area contributed by atoms with Gasteiger partial charge in [0.25, 0.3) is 0 Å². The topological polar surface area (TPSA) is 29.5 Å². The molecule has 0 N–H and O–H groups in total. The summed E-state index contributed by atoms with van der Waals surface area (Å²) in [7, 11) is 0. The molecule has 16 heavy (non-hydrogen) atoms. The average molecular weight is 223 g/mol. The summed E-state index contributed by atoms with van der Waals surface area (Å²) < 4.78 is 18.2. The average Bonchev–Trinajstić information content (AvgIpc) is 2.30. The van der Waals surface area contributed by atoms with E-state index in [1.165, 1.54) is 12.1 Å². The van der Waals surface area contributed by atoms with E-state index >= 15 is 0 Å². The van der Waals surface area contributed by atoms with E-state index in [4.69, 9.17) is 4.74 Å². The fourth-order valence-electron chi connectivity index (χ4n) is 1.94. The number of morpholine rings is 1. The summed E-state index contributed by atoms with van der Waals surface area (Å²) in [4.78, 5) is 13.2. The summed E-state index contributed by atoms with van der Waals surface area (Å²) in [5, 5.41) is 0. The van der Waals surface area contributed by atoms with Crippen LogP contribution in [0.1, 0.15) is 18.5 Å². The summed E-state index contributed by atoms with van der Waals surface area (Å²) in [6, 6.07) is 6.12. The molecular formula is C12H14FNO2. The number of halogens is 1. The lowest BCUT2D eigenvalue weighted by atomic mass is 10.0. The molecular weight excluding hydrogens is 209 g/mol. The molecule has 0 bridgehead atoms. The Hall–Kier alpha value is -1.42. The third-order valence-electron chi connectivity index (χ3n) is 2.79. The van der Waals surface area contributed by atoms with E-state index in [1.807, 2.05) is 0 Å². The van der Waals surface area contributed by atoms with Crippen LogP contribution >= 0.6 is 0 Å². The lowest BCUT2D eigenvalue weighted by Gasteiger charge is -2.35. The van der Waals surface area contributed by atoms with Gasteiger partial charge in [0.05, 0.1) is 19.3 Å². The van der Waals surface area contributed by atoms with Crippen LogP contribution in [0.5, 0.6) is 0 Å². The molecule has 1 fully saturated rings. The second kappa shape index (κ2) is 4.61. The number of rotatable bonds is 1. The summed E-state index contributed by atoms with van der Waals surface area (Å²) in [6.45, 7) is 3.18. The SMILES string of the molecule is CC(=O)N1CCOC[C@@H]1c1ccc(F)cc1. The van der Waals surface area contributed by atoms with E-state index in [0.29, 0.717) is 19.8 Å². The normalized spacial score (nSPS) is 20.9. The predicted octanol–water partition coefficient (Wildman–Crippen LogP) is 1.75. The number of hydrogen-bond donors (Lipinski definition) is 0. The zero-order valence-electron chi connectivity index (χ0n) is 9.15. The third-order valence-corrected chi connectivity index (χ3v) is 2.79. The molecule has 3 nitrogen and oxygen atoms in total. The Balaban J connectivity index is 2.23. The van der Waals surface area contributed by atoms with Gasteiger partial charge in [-0.25, -0.2) is 4.39 Å². The molecule has 2 rings (SSSR count). The Morgan fingerprint density at radius 3 is 2.75 bits per heavy atom. The van der Waals surface area contributed by atoms with Crippen molar-refractivity contribution in [3.05, 3.63) is 35.6 Å². The molecule has 0 aromatic heterocycles. The van der Waals surface area contributed by atoms with Crippen molar-refractivity contribution in [1.29, 1.82) is 0 Å². The Kier molecular flexibility index (Phi) is 3.19. The fourth-order valence-corrected chi connectivity index (χ4v) is 1.94. The van der Waals surface area contributed by atoms with Crippen molar-refractivity contribution < 1.29 is 13.9 Å². The van der Waals surface area contributed by atoms with Gasteiger partial charge in [0.2, 0.25) is 5.91 Å². The van der Waals surface area contributed by atoms with E-state index in [1.54, 1.807) is 24.0 Å².